The van der Waals surface area contributed by atoms with Gasteiger partial charge in [-0.05, 0) is 29.8 Å². The lowest BCUT2D eigenvalue weighted by molar-refractivity contribution is -0.125. The fraction of sp³-hybridized carbons (Fsp3) is 0.190. The Kier molecular flexibility index (Phi) is 5.74. The minimum Gasteiger partial charge on any atom is -0.361 e. The predicted octanol–water partition coefficient (Wildman–Crippen LogP) is 2.81. The molecule has 1 aromatic heterocycles. The van der Waals surface area contributed by atoms with Gasteiger partial charge in [-0.1, -0.05) is 24.3 Å². The van der Waals surface area contributed by atoms with E-state index < -0.39 is 6.04 Å². The van der Waals surface area contributed by atoms with Crippen molar-refractivity contribution in [2.45, 2.75) is 26.3 Å². The fourth-order valence-corrected chi connectivity index (χ4v) is 3.08. The lowest BCUT2D eigenvalue weighted by Crippen LogP contribution is -2.44. The van der Waals surface area contributed by atoms with Gasteiger partial charge < -0.3 is 20.9 Å². The molecule has 0 aliphatic heterocycles. The van der Waals surface area contributed by atoms with E-state index in [0.717, 1.165) is 16.5 Å². The molecule has 28 heavy (non-hydrogen) atoms. The van der Waals surface area contributed by atoms with E-state index in [9.17, 15) is 14.4 Å². The Labute approximate surface area is 162 Å². The van der Waals surface area contributed by atoms with Crippen molar-refractivity contribution in [3.05, 3.63) is 60.3 Å². The van der Waals surface area contributed by atoms with Gasteiger partial charge in [-0.3, -0.25) is 14.4 Å². The van der Waals surface area contributed by atoms with Crippen LogP contribution in [0.4, 0.5) is 11.4 Å². The van der Waals surface area contributed by atoms with Crippen LogP contribution in [0.1, 0.15) is 19.4 Å². The summed E-state index contributed by atoms with van der Waals surface area (Å²) >= 11 is 0. The molecule has 0 bridgehead atoms. The number of carbonyl (C=O) groups excluding carboxylic acids is 3. The van der Waals surface area contributed by atoms with Crippen LogP contribution >= 0.6 is 0 Å². The van der Waals surface area contributed by atoms with Gasteiger partial charge in [0.05, 0.1) is 0 Å². The minimum atomic E-state index is -0.735. The molecule has 0 saturated heterocycles. The highest BCUT2D eigenvalue weighted by atomic mass is 16.2. The van der Waals surface area contributed by atoms with Crippen molar-refractivity contribution in [2.24, 2.45) is 0 Å². The van der Waals surface area contributed by atoms with Gasteiger partial charge in [0.2, 0.25) is 17.7 Å². The molecular weight excluding hydrogens is 356 g/mol. The number of nitrogens with one attached hydrogen (secondary N) is 4. The number of aromatic amines is 1. The van der Waals surface area contributed by atoms with Crippen molar-refractivity contribution in [3.63, 3.8) is 0 Å². The van der Waals surface area contributed by atoms with E-state index in [1.165, 1.54) is 13.8 Å². The van der Waals surface area contributed by atoms with E-state index >= 15 is 0 Å². The van der Waals surface area contributed by atoms with Crippen molar-refractivity contribution in [2.75, 3.05) is 10.6 Å². The van der Waals surface area contributed by atoms with E-state index in [-0.39, 0.29) is 17.7 Å². The number of anilines is 2. The molecule has 3 amide bonds. The maximum absolute atomic E-state index is 12.8. The Bertz CT molecular complexity index is 1030. The second kappa shape index (κ2) is 8.39. The second-order valence-corrected chi connectivity index (χ2v) is 6.57. The van der Waals surface area contributed by atoms with E-state index in [0.29, 0.717) is 17.8 Å². The SMILES string of the molecule is CC(=O)Nc1cccc(NC(=O)C(Cc2c[nH]c3ccccc23)NC(C)=O)c1. The van der Waals surface area contributed by atoms with E-state index in [1.807, 2.05) is 30.5 Å². The number of hydrogen-bond donors (Lipinski definition) is 4. The molecule has 0 aliphatic carbocycles. The zero-order valence-corrected chi connectivity index (χ0v) is 15.7. The van der Waals surface area contributed by atoms with Gasteiger partial charge >= 0.3 is 0 Å². The number of hydrogen-bond acceptors (Lipinski definition) is 3. The van der Waals surface area contributed by atoms with Gasteiger partial charge in [-0.25, -0.2) is 0 Å². The molecule has 0 fully saturated rings. The molecule has 2 aromatic carbocycles. The van der Waals surface area contributed by atoms with Crippen molar-refractivity contribution in [1.29, 1.82) is 0 Å². The molecule has 1 unspecified atom stereocenters. The highest BCUT2D eigenvalue weighted by molar-refractivity contribution is 5.98. The normalized spacial score (nSPS) is 11.6. The quantitative estimate of drug-likeness (QED) is 0.530. The summed E-state index contributed by atoms with van der Waals surface area (Å²) in [5.74, 6) is -0.814. The van der Waals surface area contributed by atoms with Crippen LogP contribution in [0.5, 0.6) is 0 Å². The molecule has 144 valence electrons. The Balaban J connectivity index is 1.78. The zero-order chi connectivity index (χ0) is 20.1. The predicted molar refractivity (Wildman–Crippen MR) is 109 cm³/mol. The van der Waals surface area contributed by atoms with E-state index in [2.05, 4.69) is 20.9 Å². The number of carbonyl (C=O) groups is 3. The molecule has 7 nitrogen and oxygen atoms in total. The molecule has 3 aromatic rings. The van der Waals surface area contributed by atoms with Gasteiger partial charge in [0.15, 0.2) is 0 Å². The van der Waals surface area contributed by atoms with Crippen LogP contribution in [0.25, 0.3) is 10.9 Å². The van der Waals surface area contributed by atoms with Gasteiger partial charge in [0, 0.05) is 48.7 Å². The van der Waals surface area contributed by atoms with Crippen molar-refractivity contribution < 1.29 is 14.4 Å². The third kappa shape index (κ3) is 4.76. The first-order valence-electron chi connectivity index (χ1n) is 8.93. The van der Waals surface area contributed by atoms with Crippen LogP contribution in [0.3, 0.4) is 0 Å². The Morgan fingerprint density at radius 2 is 1.64 bits per heavy atom. The molecule has 3 rings (SSSR count). The fourth-order valence-electron chi connectivity index (χ4n) is 3.08. The number of H-pyrrole nitrogens is 1. The third-order valence-corrected chi connectivity index (χ3v) is 4.24. The Hall–Kier alpha value is -3.61. The van der Waals surface area contributed by atoms with E-state index in [4.69, 9.17) is 0 Å². The summed E-state index contributed by atoms with van der Waals surface area (Å²) in [7, 11) is 0. The second-order valence-electron chi connectivity index (χ2n) is 6.57. The van der Waals surface area contributed by atoms with Crippen molar-refractivity contribution in [3.8, 4) is 0 Å². The van der Waals surface area contributed by atoms with Crippen molar-refractivity contribution in [1.82, 2.24) is 10.3 Å². The monoisotopic (exact) mass is 378 g/mol. The molecule has 7 heteroatoms. The van der Waals surface area contributed by atoms with Crippen LogP contribution in [-0.4, -0.2) is 28.7 Å². The van der Waals surface area contributed by atoms with Crippen LogP contribution in [0.15, 0.2) is 54.7 Å². The molecule has 1 heterocycles. The molecule has 0 saturated carbocycles. The number of aromatic nitrogens is 1. The number of para-hydroxylation sites is 1. The highest BCUT2D eigenvalue weighted by Gasteiger charge is 2.21. The van der Waals surface area contributed by atoms with Crippen LogP contribution in [0, 0.1) is 0 Å². The summed E-state index contributed by atoms with van der Waals surface area (Å²) in [4.78, 5) is 38.8. The van der Waals surface area contributed by atoms with Gasteiger partial charge in [-0.2, -0.15) is 0 Å². The Morgan fingerprint density at radius 1 is 0.929 bits per heavy atom. The summed E-state index contributed by atoms with van der Waals surface area (Å²) in [5.41, 5.74) is 3.03. The number of benzene rings is 2. The van der Waals surface area contributed by atoms with Gasteiger partial charge in [0.1, 0.15) is 6.04 Å². The third-order valence-electron chi connectivity index (χ3n) is 4.24. The zero-order valence-electron chi connectivity index (χ0n) is 15.7. The molecule has 4 N–H and O–H groups in total. The Morgan fingerprint density at radius 3 is 2.36 bits per heavy atom. The molecule has 0 aliphatic rings. The van der Waals surface area contributed by atoms with Crippen LogP contribution in [0.2, 0.25) is 0 Å². The topological polar surface area (TPSA) is 103 Å². The van der Waals surface area contributed by atoms with Crippen LogP contribution < -0.4 is 16.0 Å². The molecule has 0 radical (unpaired) electrons. The number of rotatable bonds is 6. The summed E-state index contributed by atoms with van der Waals surface area (Å²) in [6, 6.07) is 13.9. The highest BCUT2D eigenvalue weighted by Crippen LogP contribution is 2.20. The maximum atomic E-state index is 12.8. The van der Waals surface area contributed by atoms with Gasteiger partial charge in [0.25, 0.3) is 0 Å². The lowest BCUT2D eigenvalue weighted by atomic mass is 10.0. The smallest absolute Gasteiger partial charge is 0.247 e. The first kappa shape index (κ1) is 19.2. The van der Waals surface area contributed by atoms with Gasteiger partial charge in [-0.15, -0.1) is 0 Å². The van der Waals surface area contributed by atoms with Crippen LogP contribution in [-0.2, 0) is 20.8 Å². The first-order valence-corrected chi connectivity index (χ1v) is 8.93. The molecule has 1 atom stereocenters. The molecule has 0 spiro atoms. The summed E-state index contributed by atoms with van der Waals surface area (Å²) in [6.45, 7) is 2.80. The average molecular weight is 378 g/mol. The summed E-state index contributed by atoms with van der Waals surface area (Å²) in [5, 5.41) is 9.21. The number of fused-ring (bicyclic) bond motifs is 1. The summed E-state index contributed by atoms with van der Waals surface area (Å²) < 4.78 is 0. The summed E-state index contributed by atoms with van der Waals surface area (Å²) in [6.07, 6.45) is 2.20. The van der Waals surface area contributed by atoms with Crippen molar-refractivity contribution >= 4 is 40.0 Å². The standard InChI is InChI=1S/C21H22N4O3/c1-13(26)23-16-6-5-7-17(11-16)25-21(28)20(24-14(2)27)10-15-12-22-19-9-4-3-8-18(15)19/h3-9,11-12,20,22H,10H2,1-2H3,(H,23,26)(H,24,27)(H,25,28). The first-order chi connectivity index (χ1) is 13.4. The largest absolute Gasteiger partial charge is 0.361 e. The average Bonchev–Trinajstić information content (AvgIpc) is 3.03. The maximum Gasteiger partial charge on any atom is 0.247 e. The lowest BCUT2D eigenvalue weighted by Gasteiger charge is -2.18. The molecular formula is C21H22N4O3. The van der Waals surface area contributed by atoms with E-state index in [1.54, 1.807) is 24.3 Å². The minimum absolute atomic E-state index is 0.195. The number of amides is 3.